The normalized spacial score (nSPS) is 13.0. The van der Waals surface area contributed by atoms with Gasteiger partial charge in [-0.05, 0) is 33.6 Å². The molecule has 1 atom stereocenters. The van der Waals surface area contributed by atoms with Crippen LogP contribution in [0.5, 0.6) is 0 Å². The predicted molar refractivity (Wildman–Crippen MR) is 55.1 cm³/mol. The van der Waals surface area contributed by atoms with Gasteiger partial charge in [0.05, 0.1) is 5.02 Å². The second kappa shape index (κ2) is 4.23. The van der Waals surface area contributed by atoms with Gasteiger partial charge in [0.15, 0.2) is 0 Å². The molecule has 4 heteroatoms. The Morgan fingerprint density at radius 1 is 1.50 bits per heavy atom. The highest BCUT2D eigenvalue weighted by Crippen LogP contribution is 2.24. The van der Waals surface area contributed by atoms with Crippen molar-refractivity contribution < 1.29 is 0 Å². The quantitative estimate of drug-likeness (QED) is 0.843. The lowest BCUT2D eigenvalue weighted by Gasteiger charge is -2.09. The van der Waals surface area contributed by atoms with Crippen molar-refractivity contribution in [2.75, 3.05) is 6.54 Å². The van der Waals surface area contributed by atoms with E-state index in [0.29, 0.717) is 11.6 Å². The summed E-state index contributed by atoms with van der Waals surface area (Å²) in [5.74, 6) is 0. The standard InChI is InChI=1S/C8H10BrClN2/c9-6-3-5(8(12)4-11)1-2-7(6)10/h1-3,8H,4,11-12H2/t8-/m0/s1. The highest BCUT2D eigenvalue weighted by molar-refractivity contribution is 9.10. The van der Waals surface area contributed by atoms with Gasteiger partial charge in [0.2, 0.25) is 0 Å². The SMILES string of the molecule is NC[C@H](N)c1ccc(Cl)c(Br)c1. The Labute approximate surface area is 85.0 Å². The molecular weight excluding hydrogens is 239 g/mol. The van der Waals surface area contributed by atoms with Crippen LogP contribution in [-0.2, 0) is 0 Å². The zero-order chi connectivity index (χ0) is 9.14. The molecule has 0 aliphatic heterocycles. The number of halogens is 2. The van der Waals surface area contributed by atoms with Gasteiger partial charge < -0.3 is 11.5 Å². The molecule has 0 spiro atoms. The van der Waals surface area contributed by atoms with E-state index in [0.717, 1.165) is 10.0 Å². The zero-order valence-electron chi connectivity index (χ0n) is 6.43. The Hall–Kier alpha value is -0.0900. The van der Waals surface area contributed by atoms with E-state index in [1.54, 1.807) is 6.07 Å². The second-order valence-electron chi connectivity index (χ2n) is 2.52. The van der Waals surface area contributed by atoms with Crippen LogP contribution < -0.4 is 11.5 Å². The molecule has 66 valence electrons. The molecule has 1 rings (SSSR count). The number of rotatable bonds is 2. The Morgan fingerprint density at radius 3 is 2.67 bits per heavy atom. The summed E-state index contributed by atoms with van der Waals surface area (Å²) in [6.07, 6.45) is 0. The average Bonchev–Trinajstić information content (AvgIpc) is 2.08. The minimum Gasteiger partial charge on any atom is -0.329 e. The van der Waals surface area contributed by atoms with E-state index in [2.05, 4.69) is 15.9 Å². The van der Waals surface area contributed by atoms with Gasteiger partial charge in [0, 0.05) is 17.1 Å². The van der Waals surface area contributed by atoms with Gasteiger partial charge in [-0.2, -0.15) is 0 Å². The van der Waals surface area contributed by atoms with Crippen molar-refractivity contribution in [3.05, 3.63) is 33.3 Å². The fourth-order valence-corrected chi connectivity index (χ4v) is 1.39. The van der Waals surface area contributed by atoms with E-state index < -0.39 is 0 Å². The van der Waals surface area contributed by atoms with Crippen molar-refractivity contribution in [3.63, 3.8) is 0 Å². The third-order valence-electron chi connectivity index (χ3n) is 1.63. The van der Waals surface area contributed by atoms with Crippen LogP contribution in [0.3, 0.4) is 0 Å². The Kier molecular flexibility index (Phi) is 3.53. The molecule has 0 saturated carbocycles. The van der Waals surface area contributed by atoms with Gasteiger partial charge in [0.1, 0.15) is 0 Å². The summed E-state index contributed by atoms with van der Waals surface area (Å²) in [5, 5.41) is 0.683. The Balaban J connectivity index is 2.96. The maximum absolute atomic E-state index is 5.81. The van der Waals surface area contributed by atoms with Gasteiger partial charge in [-0.3, -0.25) is 0 Å². The van der Waals surface area contributed by atoms with Gasteiger partial charge in [-0.15, -0.1) is 0 Å². The molecule has 0 amide bonds. The average molecular weight is 250 g/mol. The van der Waals surface area contributed by atoms with Gasteiger partial charge >= 0.3 is 0 Å². The van der Waals surface area contributed by atoms with E-state index in [-0.39, 0.29) is 6.04 Å². The molecule has 0 aliphatic carbocycles. The summed E-state index contributed by atoms with van der Waals surface area (Å²) in [6.45, 7) is 0.439. The Bertz CT molecular complexity index is 278. The molecule has 1 aromatic carbocycles. The number of hydrogen-bond acceptors (Lipinski definition) is 2. The molecule has 1 aromatic rings. The zero-order valence-corrected chi connectivity index (χ0v) is 8.77. The van der Waals surface area contributed by atoms with Crippen molar-refractivity contribution in [1.29, 1.82) is 0 Å². The van der Waals surface area contributed by atoms with E-state index in [1.165, 1.54) is 0 Å². The lowest BCUT2D eigenvalue weighted by Crippen LogP contribution is -2.20. The fraction of sp³-hybridized carbons (Fsp3) is 0.250. The summed E-state index contributed by atoms with van der Waals surface area (Å²) in [7, 11) is 0. The molecule has 0 aromatic heterocycles. The highest BCUT2D eigenvalue weighted by Gasteiger charge is 2.05. The van der Waals surface area contributed by atoms with Crippen LogP contribution in [0, 0.1) is 0 Å². The van der Waals surface area contributed by atoms with Gasteiger partial charge in [-0.25, -0.2) is 0 Å². The molecule has 0 bridgehead atoms. The van der Waals surface area contributed by atoms with Gasteiger partial charge in [0.25, 0.3) is 0 Å². The van der Waals surface area contributed by atoms with Crippen LogP contribution in [-0.4, -0.2) is 6.54 Å². The van der Waals surface area contributed by atoms with Crippen molar-refractivity contribution in [2.24, 2.45) is 11.5 Å². The molecule has 0 saturated heterocycles. The Morgan fingerprint density at radius 2 is 2.17 bits per heavy atom. The summed E-state index contributed by atoms with van der Waals surface area (Å²) < 4.78 is 0.852. The van der Waals surface area contributed by atoms with Crippen LogP contribution in [0.4, 0.5) is 0 Å². The minimum atomic E-state index is -0.112. The van der Waals surface area contributed by atoms with Crippen LogP contribution in [0.2, 0.25) is 5.02 Å². The summed E-state index contributed by atoms with van der Waals surface area (Å²) in [6, 6.07) is 5.46. The second-order valence-corrected chi connectivity index (χ2v) is 3.78. The summed E-state index contributed by atoms with van der Waals surface area (Å²) in [5.41, 5.74) is 12.1. The van der Waals surface area contributed by atoms with Crippen molar-refractivity contribution >= 4 is 27.5 Å². The monoisotopic (exact) mass is 248 g/mol. The molecule has 0 unspecified atom stereocenters. The number of nitrogens with two attached hydrogens (primary N) is 2. The molecule has 0 aliphatic rings. The lowest BCUT2D eigenvalue weighted by atomic mass is 10.1. The molecule has 4 N–H and O–H groups in total. The largest absolute Gasteiger partial charge is 0.329 e. The molecule has 0 radical (unpaired) electrons. The fourth-order valence-electron chi connectivity index (χ4n) is 0.879. The maximum Gasteiger partial charge on any atom is 0.0548 e. The van der Waals surface area contributed by atoms with Crippen molar-refractivity contribution in [2.45, 2.75) is 6.04 Å². The first kappa shape index (κ1) is 9.99. The van der Waals surface area contributed by atoms with Crippen LogP contribution in [0.1, 0.15) is 11.6 Å². The van der Waals surface area contributed by atoms with Crippen molar-refractivity contribution in [1.82, 2.24) is 0 Å². The minimum absolute atomic E-state index is 0.112. The maximum atomic E-state index is 5.81. The first-order chi connectivity index (χ1) is 5.65. The molecule has 0 fully saturated rings. The van der Waals surface area contributed by atoms with Crippen LogP contribution >= 0.6 is 27.5 Å². The third kappa shape index (κ3) is 2.20. The third-order valence-corrected chi connectivity index (χ3v) is 2.84. The van der Waals surface area contributed by atoms with Crippen LogP contribution in [0.15, 0.2) is 22.7 Å². The predicted octanol–water partition coefficient (Wildman–Crippen LogP) is 2.06. The van der Waals surface area contributed by atoms with E-state index >= 15 is 0 Å². The van der Waals surface area contributed by atoms with Gasteiger partial charge in [-0.1, -0.05) is 17.7 Å². The molecule has 0 heterocycles. The summed E-state index contributed by atoms with van der Waals surface area (Å²) >= 11 is 9.12. The number of hydrogen-bond donors (Lipinski definition) is 2. The van der Waals surface area contributed by atoms with Crippen LogP contribution in [0.25, 0.3) is 0 Å². The summed E-state index contributed by atoms with van der Waals surface area (Å²) in [4.78, 5) is 0. The smallest absolute Gasteiger partial charge is 0.0548 e. The molecule has 12 heavy (non-hydrogen) atoms. The molecular formula is C8H10BrClN2. The highest BCUT2D eigenvalue weighted by atomic mass is 79.9. The first-order valence-electron chi connectivity index (χ1n) is 3.55. The van der Waals surface area contributed by atoms with E-state index in [4.69, 9.17) is 23.1 Å². The topological polar surface area (TPSA) is 52.0 Å². The first-order valence-corrected chi connectivity index (χ1v) is 4.73. The molecule has 2 nitrogen and oxygen atoms in total. The number of benzene rings is 1. The van der Waals surface area contributed by atoms with E-state index in [9.17, 15) is 0 Å². The van der Waals surface area contributed by atoms with E-state index in [1.807, 2.05) is 12.1 Å². The van der Waals surface area contributed by atoms with Crippen molar-refractivity contribution in [3.8, 4) is 0 Å². The lowest BCUT2D eigenvalue weighted by molar-refractivity contribution is 0.736.